The van der Waals surface area contributed by atoms with Gasteiger partial charge >= 0.3 is 5.97 Å². The van der Waals surface area contributed by atoms with E-state index in [4.69, 9.17) is 5.11 Å². The van der Waals surface area contributed by atoms with Crippen LogP contribution in [0.15, 0.2) is 0 Å². The summed E-state index contributed by atoms with van der Waals surface area (Å²) in [5.74, 6) is -0.568. The van der Waals surface area contributed by atoms with Gasteiger partial charge in [0.1, 0.15) is 0 Å². The summed E-state index contributed by atoms with van der Waals surface area (Å²) in [5, 5.41) is 11.9. The summed E-state index contributed by atoms with van der Waals surface area (Å²) in [6.07, 6.45) is 4.59. The van der Waals surface area contributed by atoms with Gasteiger partial charge in [-0.2, -0.15) is 0 Å². The Balaban J connectivity index is 2.46. The van der Waals surface area contributed by atoms with E-state index in [1.165, 1.54) is 6.42 Å². The molecule has 0 saturated heterocycles. The fraction of sp³-hybridized carbons (Fsp3) is 0.846. The van der Waals surface area contributed by atoms with Crippen LogP contribution in [0.1, 0.15) is 52.9 Å². The number of nitrogens with one attached hydrogen (secondary N) is 1. The highest BCUT2D eigenvalue weighted by atomic mass is 16.4. The molecule has 17 heavy (non-hydrogen) atoms. The van der Waals surface area contributed by atoms with Crippen molar-refractivity contribution in [1.82, 2.24) is 5.32 Å². The number of aliphatic carboxylic acids is 1. The largest absolute Gasteiger partial charge is 0.481 e. The molecule has 1 aliphatic rings. The summed E-state index contributed by atoms with van der Waals surface area (Å²) in [5.41, 5.74) is -0.984. The summed E-state index contributed by atoms with van der Waals surface area (Å²) in [4.78, 5) is 22.7. The summed E-state index contributed by atoms with van der Waals surface area (Å²) in [7, 11) is 0. The molecule has 2 unspecified atom stereocenters. The molecule has 1 amide bonds. The summed E-state index contributed by atoms with van der Waals surface area (Å²) in [6, 6.07) is 0.223. The van der Waals surface area contributed by atoms with Crippen LogP contribution >= 0.6 is 0 Å². The van der Waals surface area contributed by atoms with Gasteiger partial charge in [-0.1, -0.05) is 19.8 Å². The Morgan fingerprint density at radius 2 is 1.88 bits per heavy atom. The van der Waals surface area contributed by atoms with Crippen molar-refractivity contribution in [3.05, 3.63) is 0 Å². The van der Waals surface area contributed by atoms with E-state index in [0.717, 1.165) is 19.3 Å². The van der Waals surface area contributed by atoms with E-state index in [0.29, 0.717) is 5.92 Å². The number of carboxylic acids is 1. The van der Waals surface area contributed by atoms with Crippen LogP contribution in [0.3, 0.4) is 0 Å². The van der Waals surface area contributed by atoms with Crippen molar-refractivity contribution in [3.8, 4) is 0 Å². The van der Waals surface area contributed by atoms with Crippen LogP contribution in [0.2, 0.25) is 0 Å². The quantitative estimate of drug-likeness (QED) is 0.792. The number of amides is 1. The van der Waals surface area contributed by atoms with Gasteiger partial charge in [-0.25, -0.2) is 0 Å². The first-order valence-corrected chi connectivity index (χ1v) is 6.35. The number of carbonyl (C=O) groups excluding carboxylic acids is 1. The SMILES string of the molecule is CC1CCCCC1NC(=O)CC(C)(C)C(=O)O. The van der Waals surface area contributed by atoms with Crippen LogP contribution in [0.5, 0.6) is 0 Å². The molecular formula is C13H23NO3. The van der Waals surface area contributed by atoms with E-state index in [2.05, 4.69) is 12.2 Å². The first kappa shape index (κ1) is 14.0. The second-order valence-corrected chi connectivity index (χ2v) is 5.80. The lowest BCUT2D eigenvalue weighted by atomic mass is 9.85. The molecule has 0 aromatic carbocycles. The van der Waals surface area contributed by atoms with E-state index in [1.54, 1.807) is 13.8 Å². The second kappa shape index (κ2) is 5.52. The molecular weight excluding hydrogens is 218 g/mol. The average molecular weight is 241 g/mol. The topological polar surface area (TPSA) is 66.4 Å². The lowest BCUT2D eigenvalue weighted by Crippen LogP contribution is -2.43. The Labute approximate surface area is 103 Å². The number of hydrogen-bond donors (Lipinski definition) is 2. The van der Waals surface area contributed by atoms with E-state index >= 15 is 0 Å². The monoisotopic (exact) mass is 241 g/mol. The second-order valence-electron chi connectivity index (χ2n) is 5.80. The molecule has 1 aliphatic carbocycles. The van der Waals surface area contributed by atoms with Gasteiger partial charge in [0.15, 0.2) is 0 Å². The molecule has 0 bridgehead atoms. The molecule has 4 heteroatoms. The molecule has 0 radical (unpaired) electrons. The zero-order valence-corrected chi connectivity index (χ0v) is 11.0. The predicted octanol–water partition coefficient (Wildman–Crippen LogP) is 2.18. The Bertz CT molecular complexity index is 299. The molecule has 1 saturated carbocycles. The summed E-state index contributed by atoms with van der Waals surface area (Å²) >= 11 is 0. The third-order valence-electron chi connectivity index (χ3n) is 3.64. The van der Waals surface area contributed by atoms with Crippen LogP contribution in [0.25, 0.3) is 0 Å². The van der Waals surface area contributed by atoms with Crippen molar-refractivity contribution in [2.45, 2.75) is 58.9 Å². The van der Waals surface area contributed by atoms with Crippen molar-refractivity contribution in [3.63, 3.8) is 0 Å². The fourth-order valence-electron chi connectivity index (χ4n) is 2.27. The van der Waals surface area contributed by atoms with Gasteiger partial charge < -0.3 is 10.4 Å². The van der Waals surface area contributed by atoms with E-state index in [9.17, 15) is 9.59 Å². The molecule has 1 rings (SSSR count). The molecule has 0 aromatic rings. The van der Waals surface area contributed by atoms with Crippen molar-refractivity contribution in [2.75, 3.05) is 0 Å². The highest BCUT2D eigenvalue weighted by molar-refractivity contribution is 5.84. The first-order chi connectivity index (χ1) is 7.83. The first-order valence-electron chi connectivity index (χ1n) is 6.35. The summed E-state index contributed by atoms with van der Waals surface area (Å²) < 4.78 is 0. The Hall–Kier alpha value is -1.06. The number of rotatable bonds is 4. The van der Waals surface area contributed by atoms with Crippen molar-refractivity contribution < 1.29 is 14.7 Å². The maximum Gasteiger partial charge on any atom is 0.309 e. The third kappa shape index (κ3) is 4.02. The maximum absolute atomic E-state index is 11.8. The maximum atomic E-state index is 11.8. The number of carbonyl (C=O) groups is 2. The van der Waals surface area contributed by atoms with Crippen LogP contribution in [0, 0.1) is 11.3 Å². The van der Waals surface area contributed by atoms with Gasteiger partial charge in [-0.15, -0.1) is 0 Å². The smallest absolute Gasteiger partial charge is 0.309 e. The minimum Gasteiger partial charge on any atom is -0.481 e. The fourth-order valence-corrected chi connectivity index (χ4v) is 2.27. The van der Waals surface area contributed by atoms with Gasteiger partial charge in [0, 0.05) is 12.5 Å². The molecule has 1 fully saturated rings. The van der Waals surface area contributed by atoms with Crippen LogP contribution in [0.4, 0.5) is 0 Å². The van der Waals surface area contributed by atoms with Gasteiger partial charge in [0.25, 0.3) is 0 Å². The average Bonchev–Trinajstić information content (AvgIpc) is 2.20. The molecule has 0 aromatic heterocycles. The van der Waals surface area contributed by atoms with Gasteiger partial charge in [0.05, 0.1) is 5.41 Å². The Kier molecular flexibility index (Phi) is 4.54. The van der Waals surface area contributed by atoms with Crippen molar-refractivity contribution >= 4 is 11.9 Å². The molecule has 0 aliphatic heterocycles. The molecule has 98 valence electrons. The third-order valence-corrected chi connectivity index (χ3v) is 3.64. The number of hydrogen-bond acceptors (Lipinski definition) is 2. The van der Waals surface area contributed by atoms with Crippen LogP contribution in [-0.2, 0) is 9.59 Å². The van der Waals surface area contributed by atoms with Crippen LogP contribution in [-0.4, -0.2) is 23.0 Å². The minimum absolute atomic E-state index is 0.0472. The Morgan fingerprint density at radius 1 is 1.29 bits per heavy atom. The van der Waals surface area contributed by atoms with Crippen LogP contribution < -0.4 is 5.32 Å². The zero-order valence-electron chi connectivity index (χ0n) is 11.0. The van der Waals surface area contributed by atoms with Crippen molar-refractivity contribution in [1.29, 1.82) is 0 Å². The predicted molar refractivity (Wildman–Crippen MR) is 65.6 cm³/mol. The van der Waals surface area contributed by atoms with Gasteiger partial charge in [-0.05, 0) is 32.6 Å². The Morgan fingerprint density at radius 3 is 2.41 bits per heavy atom. The highest BCUT2D eigenvalue weighted by Crippen LogP contribution is 2.25. The van der Waals surface area contributed by atoms with E-state index in [1.807, 2.05) is 0 Å². The lowest BCUT2D eigenvalue weighted by molar-refractivity contribution is -0.149. The van der Waals surface area contributed by atoms with E-state index < -0.39 is 11.4 Å². The standard InChI is InChI=1S/C13H23NO3/c1-9-6-4-5-7-10(9)14-11(15)8-13(2,3)12(16)17/h9-10H,4-8H2,1-3H3,(H,14,15)(H,16,17). The van der Waals surface area contributed by atoms with Gasteiger partial charge in [0.2, 0.25) is 5.91 Å². The molecule has 0 spiro atoms. The molecule has 0 heterocycles. The summed E-state index contributed by atoms with van der Waals surface area (Å²) in [6.45, 7) is 5.31. The molecule has 2 N–H and O–H groups in total. The van der Waals surface area contributed by atoms with E-state index in [-0.39, 0.29) is 18.4 Å². The van der Waals surface area contributed by atoms with Crippen molar-refractivity contribution in [2.24, 2.45) is 11.3 Å². The molecule has 4 nitrogen and oxygen atoms in total. The lowest BCUT2D eigenvalue weighted by Gasteiger charge is -2.30. The normalized spacial score (nSPS) is 25.4. The van der Waals surface area contributed by atoms with Gasteiger partial charge in [-0.3, -0.25) is 9.59 Å². The zero-order chi connectivity index (χ0) is 13.1. The molecule has 2 atom stereocenters. The minimum atomic E-state index is -0.984. The highest BCUT2D eigenvalue weighted by Gasteiger charge is 2.31. The number of carboxylic acid groups (broad SMARTS) is 1.